The number of nitrogens with zero attached hydrogens (tertiary/aromatic N) is 2. The highest BCUT2D eigenvalue weighted by Gasteiger charge is 2.13. The van der Waals surface area contributed by atoms with Gasteiger partial charge in [0, 0.05) is 15.7 Å². The molecule has 0 spiro atoms. The number of benzene rings is 2. The second-order valence-corrected chi connectivity index (χ2v) is 7.41. The van der Waals surface area contributed by atoms with Crippen molar-refractivity contribution >= 4 is 33.7 Å². The van der Waals surface area contributed by atoms with Crippen LogP contribution >= 0.6 is 22.6 Å². The first-order valence-electron chi connectivity index (χ1n) is 8.16. The highest BCUT2D eigenvalue weighted by Crippen LogP contribution is 2.26. The van der Waals surface area contributed by atoms with Crippen molar-refractivity contribution in [2.24, 2.45) is 0 Å². The summed E-state index contributed by atoms with van der Waals surface area (Å²) in [6, 6.07) is 14.6. The third-order valence-electron chi connectivity index (χ3n) is 4.38. The molecule has 0 saturated carbocycles. The minimum Gasteiger partial charge on any atom is -0.436 e. The molecule has 2 heterocycles. The SMILES string of the molecule is Ic1cccc(-c2nc3cc(CN4CCCCC4)ccc3o2)c1. The fraction of sp³-hybridized carbons (Fsp3) is 0.316. The molecule has 23 heavy (non-hydrogen) atoms. The molecule has 1 fully saturated rings. The number of aromatic nitrogens is 1. The van der Waals surface area contributed by atoms with E-state index in [1.165, 1.54) is 41.5 Å². The summed E-state index contributed by atoms with van der Waals surface area (Å²) in [6.07, 6.45) is 4.02. The van der Waals surface area contributed by atoms with Gasteiger partial charge in [0.1, 0.15) is 5.52 Å². The van der Waals surface area contributed by atoms with E-state index in [-0.39, 0.29) is 0 Å². The topological polar surface area (TPSA) is 29.3 Å². The molecule has 1 aliphatic heterocycles. The summed E-state index contributed by atoms with van der Waals surface area (Å²) in [5.74, 6) is 0.702. The van der Waals surface area contributed by atoms with E-state index in [0.29, 0.717) is 5.89 Å². The molecule has 4 heteroatoms. The zero-order chi connectivity index (χ0) is 15.6. The normalized spacial score (nSPS) is 16.0. The number of likely N-dealkylation sites (tertiary alicyclic amines) is 1. The largest absolute Gasteiger partial charge is 0.436 e. The van der Waals surface area contributed by atoms with Crippen molar-refractivity contribution in [1.82, 2.24) is 9.88 Å². The van der Waals surface area contributed by atoms with Crippen molar-refractivity contribution in [2.45, 2.75) is 25.8 Å². The molecule has 3 aromatic rings. The maximum absolute atomic E-state index is 5.93. The molecule has 0 bridgehead atoms. The second kappa shape index (κ2) is 6.61. The molecule has 0 unspecified atom stereocenters. The van der Waals surface area contributed by atoms with E-state index in [1.807, 2.05) is 12.1 Å². The van der Waals surface area contributed by atoms with Gasteiger partial charge in [-0.15, -0.1) is 0 Å². The van der Waals surface area contributed by atoms with E-state index >= 15 is 0 Å². The Morgan fingerprint density at radius 1 is 1.04 bits per heavy atom. The number of hydrogen-bond donors (Lipinski definition) is 0. The fourth-order valence-corrected chi connectivity index (χ4v) is 3.74. The van der Waals surface area contributed by atoms with Crippen molar-refractivity contribution in [3.63, 3.8) is 0 Å². The zero-order valence-corrected chi connectivity index (χ0v) is 15.1. The van der Waals surface area contributed by atoms with Crippen LogP contribution in [0.2, 0.25) is 0 Å². The Bertz CT molecular complexity index is 821. The van der Waals surface area contributed by atoms with Crippen LogP contribution in [-0.2, 0) is 6.54 Å². The van der Waals surface area contributed by atoms with Gasteiger partial charge in [-0.25, -0.2) is 4.98 Å². The highest BCUT2D eigenvalue weighted by molar-refractivity contribution is 14.1. The van der Waals surface area contributed by atoms with Gasteiger partial charge < -0.3 is 4.42 Å². The summed E-state index contributed by atoms with van der Waals surface area (Å²) >= 11 is 2.31. The number of oxazole rings is 1. The van der Waals surface area contributed by atoms with Crippen LogP contribution in [0.5, 0.6) is 0 Å². The summed E-state index contributed by atoms with van der Waals surface area (Å²) in [4.78, 5) is 7.22. The molecule has 1 saturated heterocycles. The average Bonchev–Trinajstić information content (AvgIpc) is 2.99. The monoisotopic (exact) mass is 418 g/mol. The van der Waals surface area contributed by atoms with Gasteiger partial charge in [-0.3, -0.25) is 4.90 Å². The molecular weight excluding hydrogens is 399 g/mol. The average molecular weight is 418 g/mol. The zero-order valence-electron chi connectivity index (χ0n) is 13.0. The molecule has 1 aromatic heterocycles. The third-order valence-corrected chi connectivity index (χ3v) is 5.05. The first-order chi connectivity index (χ1) is 11.3. The van der Waals surface area contributed by atoms with E-state index in [0.717, 1.165) is 23.2 Å². The van der Waals surface area contributed by atoms with Gasteiger partial charge in [0.25, 0.3) is 0 Å². The quantitative estimate of drug-likeness (QED) is 0.556. The molecule has 0 N–H and O–H groups in total. The maximum atomic E-state index is 5.93. The van der Waals surface area contributed by atoms with Crippen molar-refractivity contribution in [1.29, 1.82) is 0 Å². The minimum absolute atomic E-state index is 0.702. The summed E-state index contributed by atoms with van der Waals surface area (Å²) in [5, 5.41) is 0. The molecule has 0 radical (unpaired) electrons. The standard InChI is InChI=1S/C19H19IN2O/c20-16-6-4-5-15(12-16)19-21-17-11-14(7-8-18(17)23-19)13-22-9-2-1-3-10-22/h4-8,11-12H,1-3,9-10,13H2. The Morgan fingerprint density at radius 3 is 2.74 bits per heavy atom. The Kier molecular flexibility index (Phi) is 4.35. The Morgan fingerprint density at radius 2 is 1.91 bits per heavy atom. The molecule has 3 nitrogen and oxygen atoms in total. The van der Waals surface area contributed by atoms with Gasteiger partial charge in [-0.05, 0) is 84.4 Å². The van der Waals surface area contributed by atoms with Crippen LogP contribution in [0, 0.1) is 3.57 Å². The number of hydrogen-bond acceptors (Lipinski definition) is 3. The molecular formula is C19H19IN2O. The molecule has 1 aliphatic rings. The van der Waals surface area contributed by atoms with E-state index in [1.54, 1.807) is 0 Å². The van der Waals surface area contributed by atoms with E-state index < -0.39 is 0 Å². The number of piperidine rings is 1. The lowest BCUT2D eigenvalue weighted by Crippen LogP contribution is -2.29. The first kappa shape index (κ1) is 15.1. The molecule has 0 aliphatic carbocycles. The van der Waals surface area contributed by atoms with Crippen LogP contribution < -0.4 is 0 Å². The number of rotatable bonds is 3. The van der Waals surface area contributed by atoms with Crippen LogP contribution in [0.4, 0.5) is 0 Å². The Hall–Kier alpha value is -1.40. The predicted octanol–water partition coefficient (Wildman–Crippen LogP) is 5.09. The molecule has 4 rings (SSSR count). The van der Waals surface area contributed by atoms with Crippen LogP contribution in [0.3, 0.4) is 0 Å². The van der Waals surface area contributed by atoms with Crippen molar-refractivity contribution in [3.8, 4) is 11.5 Å². The van der Waals surface area contributed by atoms with Crippen LogP contribution in [-0.4, -0.2) is 23.0 Å². The summed E-state index contributed by atoms with van der Waals surface area (Å²) in [5.41, 5.74) is 4.17. The lowest BCUT2D eigenvalue weighted by molar-refractivity contribution is 0.221. The third kappa shape index (κ3) is 3.43. The van der Waals surface area contributed by atoms with Crippen LogP contribution in [0.25, 0.3) is 22.6 Å². The van der Waals surface area contributed by atoms with Gasteiger partial charge in [0.2, 0.25) is 5.89 Å². The number of halogens is 1. The maximum Gasteiger partial charge on any atom is 0.227 e. The van der Waals surface area contributed by atoms with Crippen LogP contribution in [0.15, 0.2) is 46.9 Å². The Labute approximate surface area is 149 Å². The highest BCUT2D eigenvalue weighted by atomic mass is 127. The van der Waals surface area contributed by atoms with Gasteiger partial charge in [0.05, 0.1) is 0 Å². The minimum atomic E-state index is 0.702. The molecule has 0 atom stereocenters. The second-order valence-electron chi connectivity index (χ2n) is 6.17. The summed E-state index contributed by atoms with van der Waals surface area (Å²) in [6.45, 7) is 3.44. The lowest BCUT2D eigenvalue weighted by Gasteiger charge is -2.26. The molecule has 0 amide bonds. The van der Waals surface area contributed by atoms with Gasteiger partial charge in [0.15, 0.2) is 5.58 Å². The van der Waals surface area contributed by atoms with Crippen LogP contribution in [0.1, 0.15) is 24.8 Å². The smallest absolute Gasteiger partial charge is 0.227 e. The summed E-state index contributed by atoms with van der Waals surface area (Å²) < 4.78 is 7.11. The van der Waals surface area contributed by atoms with E-state index in [4.69, 9.17) is 4.42 Å². The van der Waals surface area contributed by atoms with E-state index in [9.17, 15) is 0 Å². The first-order valence-corrected chi connectivity index (χ1v) is 9.23. The van der Waals surface area contributed by atoms with Crippen molar-refractivity contribution < 1.29 is 4.42 Å². The predicted molar refractivity (Wildman–Crippen MR) is 101 cm³/mol. The molecule has 2 aromatic carbocycles. The van der Waals surface area contributed by atoms with E-state index in [2.05, 4.69) is 62.8 Å². The van der Waals surface area contributed by atoms with Crippen molar-refractivity contribution in [2.75, 3.05) is 13.1 Å². The van der Waals surface area contributed by atoms with Gasteiger partial charge >= 0.3 is 0 Å². The van der Waals surface area contributed by atoms with Gasteiger partial charge in [-0.2, -0.15) is 0 Å². The fourth-order valence-electron chi connectivity index (χ4n) is 3.19. The number of fused-ring (bicyclic) bond motifs is 1. The lowest BCUT2D eigenvalue weighted by atomic mass is 10.1. The van der Waals surface area contributed by atoms with Gasteiger partial charge in [-0.1, -0.05) is 18.6 Å². The molecule has 118 valence electrons. The summed E-state index contributed by atoms with van der Waals surface area (Å²) in [7, 11) is 0. The van der Waals surface area contributed by atoms with Crippen molar-refractivity contribution in [3.05, 3.63) is 51.6 Å². The Balaban J connectivity index is 1.61.